The summed E-state index contributed by atoms with van der Waals surface area (Å²) in [4.78, 5) is 28.2. The van der Waals surface area contributed by atoms with E-state index in [0.29, 0.717) is 21.3 Å². The molecule has 1 aromatic heterocycles. The SMILES string of the molecule is O=C(Nc1ccc(Cl)cc1Cl)c1cncc(C(=O)NC2CC2)c1. The van der Waals surface area contributed by atoms with Crippen molar-refractivity contribution in [3.05, 3.63) is 57.8 Å². The van der Waals surface area contributed by atoms with Gasteiger partial charge in [-0.05, 0) is 37.1 Å². The van der Waals surface area contributed by atoms with Crippen LogP contribution in [0.3, 0.4) is 0 Å². The molecule has 1 aliphatic carbocycles. The van der Waals surface area contributed by atoms with Gasteiger partial charge in [-0.2, -0.15) is 0 Å². The second kappa shape index (κ2) is 6.56. The number of rotatable bonds is 4. The highest BCUT2D eigenvalue weighted by Crippen LogP contribution is 2.26. The van der Waals surface area contributed by atoms with Gasteiger partial charge in [-0.15, -0.1) is 0 Å². The summed E-state index contributed by atoms with van der Waals surface area (Å²) in [7, 11) is 0. The number of nitrogens with zero attached hydrogens (tertiary/aromatic N) is 1. The Kier molecular flexibility index (Phi) is 4.50. The van der Waals surface area contributed by atoms with E-state index in [1.54, 1.807) is 12.1 Å². The number of hydrogen-bond acceptors (Lipinski definition) is 3. The maximum Gasteiger partial charge on any atom is 0.257 e. The van der Waals surface area contributed by atoms with Crippen LogP contribution in [0.2, 0.25) is 10.0 Å². The number of carbonyl (C=O) groups excluding carboxylic acids is 2. The van der Waals surface area contributed by atoms with Gasteiger partial charge in [0.05, 0.1) is 21.8 Å². The largest absolute Gasteiger partial charge is 0.349 e. The number of pyridine rings is 1. The Hall–Kier alpha value is -2.11. The van der Waals surface area contributed by atoms with E-state index >= 15 is 0 Å². The summed E-state index contributed by atoms with van der Waals surface area (Å²) in [6.07, 6.45) is 4.82. The van der Waals surface area contributed by atoms with Crippen LogP contribution in [0.25, 0.3) is 0 Å². The number of halogens is 2. The van der Waals surface area contributed by atoms with E-state index in [1.807, 2.05) is 0 Å². The molecule has 0 atom stereocenters. The van der Waals surface area contributed by atoms with Crippen LogP contribution >= 0.6 is 23.2 Å². The highest BCUT2D eigenvalue weighted by Gasteiger charge is 2.24. The zero-order valence-electron chi connectivity index (χ0n) is 12.0. The van der Waals surface area contributed by atoms with Crippen LogP contribution in [-0.4, -0.2) is 22.8 Å². The summed E-state index contributed by atoms with van der Waals surface area (Å²) in [5, 5.41) is 6.34. The van der Waals surface area contributed by atoms with E-state index in [9.17, 15) is 9.59 Å². The third-order valence-electron chi connectivity index (χ3n) is 3.35. The summed E-state index contributed by atoms with van der Waals surface area (Å²) in [5.74, 6) is -0.623. The van der Waals surface area contributed by atoms with Crippen molar-refractivity contribution in [2.75, 3.05) is 5.32 Å². The Morgan fingerprint density at radius 3 is 2.39 bits per heavy atom. The number of amides is 2. The minimum atomic E-state index is -0.400. The maximum absolute atomic E-state index is 12.3. The molecule has 1 fully saturated rings. The smallest absolute Gasteiger partial charge is 0.257 e. The second-order valence-electron chi connectivity index (χ2n) is 5.29. The third kappa shape index (κ3) is 4.00. The first-order valence-electron chi connectivity index (χ1n) is 7.05. The first-order valence-corrected chi connectivity index (χ1v) is 7.81. The number of anilines is 1. The topological polar surface area (TPSA) is 71.1 Å². The number of carbonyl (C=O) groups is 2. The average Bonchev–Trinajstić information content (AvgIpc) is 3.34. The fourth-order valence-electron chi connectivity index (χ4n) is 1.97. The zero-order chi connectivity index (χ0) is 16.4. The van der Waals surface area contributed by atoms with Gasteiger partial charge in [0.15, 0.2) is 0 Å². The maximum atomic E-state index is 12.3. The lowest BCUT2D eigenvalue weighted by Crippen LogP contribution is -2.26. The molecule has 0 unspecified atom stereocenters. The molecule has 0 radical (unpaired) electrons. The summed E-state index contributed by atoms with van der Waals surface area (Å²) in [5.41, 5.74) is 1.07. The van der Waals surface area contributed by atoms with Crippen molar-refractivity contribution in [1.82, 2.24) is 10.3 Å². The number of hydrogen-bond donors (Lipinski definition) is 2. The van der Waals surface area contributed by atoms with Crippen molar-refractivity contribution in [2.24, 2.45) is 0 Å². The van der Waals surface area contributed by atoms with Crippen LogP contribution in [0, 0.1) is 0 Å². The van der Waals surface area contributed by atoms with Gasteiger partial charge in [-0.1, -0.05) is 23.2 Å². The molecule has 2 amide bonds. The first kappa shape index (κ1) is 15.8. The predicted octanol–water partition coefficient (Wildman–Crippen LogP) is 3.53. The van der Waals surface area contributed by atoms with Crippen molar-refractivity contribution in [2.45, 2.75) is 18.9 Å². The molecule has 1 saturated carbocycles. The van der Waals surface area contributed by atoms with Crippen LogP contribution < -0.4 is 10.6 Å². The van der Waals surface area contributed by atoms with Crippen LogP contribution in [0.5, 0.6) is 0 Å². The van der Waals surface area contributed by atoms with Gasteiger partial charge in [0.1, 0.15) is 0 Å². The van der Waals surface area contributed by atoms with Gasteiger partial charge < -0.3 is 10.6 Å². The molecule has 1 aliphatic rings. The van der Waals surface area contributed by atoms with Gasteiger partial charge >= 0.3 is 0 Å². The lowest BCUT2D eigenvalue weighted by molar-refractivity contribution is 0.0950. The van der Waals surface area contributed by atoms with Crippen molar-refractivity contribution < 1.29 is 9.59 Å². The molecule has 0 bridgehead atoms. The quantitative estimate of drug-likeness (QED) is 0.886. The number of benzene rings is 1. The van der Waals surface area contributed by atoms with Gasteiger partial charge in [0.2, 0.25) is 0 Å². The Morgan fingerprint density at radius 2 is 1.74 bits per heavy atom. The van der Waals surface area contributed by atoms with E-state index in [4.69, 9.17) is 23.2 Å². The molecule has 2 N–H and O–H groups in total. The third-order valence-corrected chi connectivity index (χ3v) is 3.90. The Morgan fingerprint density at radius 1 is 1.04 bits per heavy atom. The Bertz CT molecular complexity index is 776. The van der Waals surface area contributed by atoms with Crippen molar-refractivity contribution in [3.63, 3.8) is 0 Å². The molecule has 0 saturated heterocycles. The molecule has 5 nitrogen and oxygen atoms in total. The molecule has 1 heterocycles. The first-order chi connectivity index (χ1) is 11.0. The van der Waals surface area contributed by atoms with E-state index in [-0.39, 0.29) is 17.5 Å². The monoisotopic (exact) mass is 349 g/mol. The minimum absolute atomic E-state index is 0.223. The van der Waals surface area contributed by atoms with Crippen LogP contribution in [-0.2, 0) is 0 Å². The second-order valence-corrected chi connectivity index (χ2v) is 6.13. The van der Waals surface area contributed by atoms with E-state index in [2.05, 4.69) is 15.6 Å². The minimum Gasteiger partial charge on any atom is -0.349 e. The predicted molar refractivity (Wildman–Crippen MR) is 89.1 cm³/mol. The molecule has 3 rings (SSSR count). The van der Waals surface area contributed by atoms with Crippen LogP contribution in [0.15, 0.2) is 36.7 Å². The normalized spacial score (nSPS) is 13.5. The van der Waals surface area contributed by atoms with Gasteiger partial charge in [0.25, 0.3) is 11.8 Å². The summed E-state index contributed by atoms with van der Waals surface area (Å²) < 4.78 is 0. The molecular weight excluding hydrogens is 337 g/mol. The van der Waals surface area contributed by atoms with Gasteiger partial charge in [-0.25, -0.2) is 0 Å². The molecule has 1 aromatic carbocycles. The average molecular weight is 350 g/mol. The Balaban J connectivity index is 1.75. The fourth-order valence-corrected chi connectivity index (χ4v) is 2.43. The number of nitrogens with one attached hydrogen (secondary N) is 2. The highest BCUT2D eigenvalue weighted by molar-refractivity contribution is 6.36. The number of aromatic nitrogens is 1. The fraction of sp³-hybridized carbons (Fsp3) is 0.188. The summed E-state index contributed by atoms with van der Waals surface area (Å²) in [6.45, 7) is 0. The van der Waals surface area contributed by atoms with E-state index < -0.39 is 5.91 Å². The zero-order valence-corrected chi connectivity index (χ0v) is 13.5. The van der Waals surface area contributed by atoms with Crippen LogP contribution in [0.1, 0.15) is 33.6 Å². The lowest BCUT2D eigenvalue weighted by Gasteiger charge is -2.08. The molecule has 7 heteroatoms. The van der Waals surface area contributed by atoms with E-state index in [1.165, 1.54) is 24.5 Å². The molecule has 2 aromatic rings. The lowest BCUT2D eigenvalue weighted by atomic mass is 10.2. The Labute approximate surface area is 143 Å². The van der Waals surface area contributed by atoms with E-state index in [0.717, 1.165) is 12.8 Å². The van der Waals surface area contributed by atoms with Crippen molar-refractivity contribution in [1.29, 1.82) is 0 Å². The van der Waals surface area contributed by atoms with Crippen molar-refractivity contribution in [3.8, 4) is 0 Å². The molecule has 23 heavy (non-hydrogen) atoms. The van der Waals surface area contributed by atoms with Crippen LogP contribution in [0.4, 0.5) is 5.69 Å². The molecule has 118 valence electrons. The van der Waals surface area contributed by atoms with Crippen molar-refractivity contribution >= 4 is 40.7 Å². The summed E-state index contributed by atoms with van der Waals surface area (Å²) >= 11 is 11.8. The molecular formula is C16H13Cl2N3O2. The molecule has 0 aliphatic heterocycles. The highest BCUT2D eigenvalue weighted by atomic mass is 35.5. The standard InChI is InChI=1S/C16H13Cl2N3O2/c17-11-1-4-14(13(18)6-11)21-16(23)10-5-9(7-19-8-10)15(22)20-12-2-3-12/h1,4-8,12H,2-3H2,(H,20,22)(H,21,23). The van der Waals surface area contributed by atoms with Gasteiger partial charge in [0, 0.05) is 23.5 Å². The van der Waals surface area contributed by atoms with Gasteiger partial charge in [-0.3, -0.25) is 14.6 Å². The summed E-state index contributed by atoms with van der Waals surface area (Å²) in [6, 6.07) is 6.52. The molecule has 0 spiro atoms.